The van der Waals surface area contributed by atoms with Gasteiger partial charge in [0.25, 0.3) is 0 Å². The Morgan fingerprint density at radius 1 is 1.00 bits per heavy atom. The highest BCUT2D eigenvalue weighted by atomic mass is 19.1. The number of pyridine rings is 2. The van der Waals surface area contributed by atoms with E-state index in [1.54, 1.807) is 71.7 Å². The van der Waals surface area contributed by atoms with Gasteiger partial charge in [0, 0.05) is 42.1 Å². The summed E-state index contributed by atoms with van der Waals surface area (Å²) < 4.78 is 33.0. The molecule has 1 aromatic carbocycles. The predicted octanol–water partition coefficient (Wildman–Crippen LogP) is 6.69. The van der Waals surface area contributed by atoms with Crippen LogP contribution in [0.4, 0.5) is 36.0 Å². The number of benzene rings is 1. The lowest BCUT2D eigenvalue weighted by Gasteiger charge is -2.33. The fraction of sp³-hybridized carbons (Fsp3) is 0.485. The number of carbonyl (C=O) groups excluding carboxylic acids is 3. The topological polar surface area (TPSA) is 144 Å². The van der Waals surface area contributed by atoms with Crippen LogP contribution in [0, 0.1) is 12.7 Å². The van der Waals surface area contributed by atoms with Gasteiger partial charge < -0.3 is 19.5 Å². The number of urea groups is 1. The minimum Gasteiger partial charge on any atom is -0.444 e. The van der Waals surface area contributed by atoms with E-state index in [1.165, 1.54) is 6.20 Å². The molecule has 3 aromatic rings. The molecule has 1 saturated heterocycles. The van der Waals surface area contributed by atoms with E-state index in [0.29, 0.717) is 72.3 Å². The van der Waals surface area contributed by atoms with Crippen LogP contribution >= 0.6 is 0 Å². The predicted molar refractivity (Wildman–Crippen MR) is 173 cm³/mol. The number of amides is 4. The Labute approximate surface area is 267 Å². The summed E-state index contributed by atoms with van der Waals surface area (Å²) in [4.78, 5) is 49.2. The summed E-state index contributed by atoms with van der Waals surface area (Å²) >= 11 is 0. The molecule has 13 heteroatoms. The molecule has 12 nitrogen and oxygen atoms in total. The van der Waals surface area contributed by atoms with Gasteiger partial charge in [-0.2, -0.15) is 0 Å². The minimum atomic E-state index is -0.846. The van der Waals surface area contributed by atoms with Gasteiger partial charge in [0.1, 0.15) is 17.0 Å². The van der Waals surface area contributed by atoms with Crippen LogP contribution in [-0.2, 0) is 20.6 Å². The Kier molecular flexibility index (Phi) is 9.07. The van der Waals surface area contributed by atoms with E-state index < -0.39 is 35.2 Å². The van der Waals surface area contributed by atoms with Crippen LogP contribution in [0.3, 0.4) is 0 Å². The zero-order chi connectivity index (χ0) is 33.4. The van der Waals surface area contributed by atoms with Crippen LogP contribution in [0.5, 0.6) is 0 Å². The normalized spacial score (nSPS) is 16.5. The highest BCUT2D eigenvalue weighted by molar-refractivity contribution is 6.05. The summed E-state index contributed by atoms with van der Waals surface area (Å²) in [5, 5.41) is 8.91. The molecule has 0 spiro atoms. The fourth-order valence-electron chi connectivity index (χ4n) is 5.52. The SMILES string of the molecule is Cc1c(-c2cc3cc(NC(=O)N[C@@H]4CCOC4)ncc3c(NC(=O)OC(C)(C)C)c2F)cnc2c1N(C(=O)OC(C)(C)C)CCC2. The van der Waals surface area contributed by atoms with Gasteiger partial charge >= 0.3 is 18.2 Å². The largest absolute Gasteiger partial charge is 0.444 e. The molecule has 2 aliphatic heterocycles. The van der Waals surface area contributed by atoms with Crippen molar-refractivity contribution >= 4 is 46.2 Å². The molecule has 4 amide bonds. The lowest BCUT2D eigenvalue weighted by molar-refractivity contribution is 0.0575. The van der Waals surface area contributed by atoms with Crippen LogP contribution in [0.25, 0.3) is 21.9 Å². The van der Waals surface area contributed by atoms with E-state index >= 15 is 4.39 Å². The van der Waals surface area contributed by atoms with E-state index in [2.05, 4.69) is 25.9 Å². The smallest absolute Gasteiger partial charge is 0.414 e. The van der Waals surface area contributed by atoms with Crippen LogP contribution in [0.15, 0.2) is 24.5 Å². The number of fused-ring (bicyclic) bond motifs is 2. The van der Waals surface area contributed by atoms with Gasteiger partial charge in [-0.05, 0) is 90.8 Å². The van der Waals surface area contributed by atoms with Crippen molar-refractivity contribution in [1.29, 1.82) is 0 Å². The van der Waals surface area contributed by atoms with Crippen molar-refractivity contribution < 1.29 is 33.0 Å². The van der Waals surface area contributed by atoms with E-state index in [-0.39, 0.29) is 23.1 Å². The lowest BCUT2D eigenvalue weighted by atomic mass is 9.94. The van der Waals surface area contributed by atoms with Gasteiger partial charge in [-0.25, -0.2) is 23.8 Å². The number of aryl methyl sites for hydroxylation is 1. The van der Waals surface area contributed by atoms with Crippen LogP contribution in [0.2, 0.25) is 0 Å². The zero-order valence-corrected chi connectivity index (χ0v) is 27.3. The Balaban J connectivity index is 1.60. The molecule has 2 aromatic heterocycles. The number of hydrogen-bond donors (Lipinski definition) is 3. The molecule has 3 N–H and O–H groups in total. The molecular weight excluding hydrogens is 595 g/mol. The first-order valence-electron chi connectivity index (χ1n) is 15.4. The second-order valence-electron chi connectivity index (χ2n) is 13.5. The van der Waals surface area contributed by atoms with Crippen LogP contribution in [0.1, 0.15) is 65.6 Å². The highest BCUT2D eigenvalue weighted by Gasteiger charge is 2.31. The molecule has 1 atom stereocenters. The fourth-order valence-corrected chi connectivity index (χ4v) is 5.52. The molecule has 46 heavy (non-hydrogen) atoms. The lowest BCUT2D eigenvalue weighted by Crippen LogP contribution is -2.40. The second kappa shape index (κ2) is 12.7. The van der Waals surface area contributed by atoms with Gasteiger partial charge in [0.15, 0.2) is 5.82 Å². The average molecular weight is 637 g/mol. The van der Waals surface area contributed by atoms with Gasteiger partial charge in [-0.1, -0.05) is 0 Å². The van der Waals surface area contributed by atoms with Crippen molar-refractivity contribution in [2.45, 2.75) is 85.0 Å². The maximum Gasteiger partial charge on any atom is 0.414 e. The first-order valence-corrected chi connectivity index (χ1v) is 15.4. The summed E-state index contributed by atoms with van der Waals surface area (Å²) in [6.07, 6.45) is 3.66. The van der Waals surface area contributed by atoms with Gasteiger partial charge in [0.2, 0.25) is 0 Å². The van der Waals surface area contributed by atoms with E-state index in [0.717, 1.165) is 0 Å². The third kappa shape index (κ3) is 7.47. The maximum atomic E-state index is 16.6. The van der Waals surface area contributed by atoms with Crippen molar-refractivity contribution in [1.82, 2.24) is 15.3 Å². The summed E-state index contributed by atoms with van der Waals surface area (Å²) in [6.45, 7) is 13.8. The second-order valence-corrected chi connectivity index (χ2v) is 13.5. The molecule has 1 fully saturated rings. The van der Waals surface area contributed by atoms with Crippen molar-refractivity contribution in [2.24, 2.45) is 0 Å². The summed E-state index contributed by atoms with van der Waals surface area (Å²) in [5.74, 6) is -0.509. The first-order chi connectivity index (χ1) is 21.6. The van der Waals surface area contributed by atoms with E-state index in [1.807, 2.05) is 0 Å². The molecular formula is C33H41FN6O6. The number of halogens is 1. The molecule has 0 unspecified atom stereocenters. The molecule has 0 radical (unpaired) electrons. The first kappa shape index (κ1) is 32.9. The quantitative estimate of drug-likeness (QED) is 0.287. The Bertz CT molecular complexity index is 1680. The Morgan fingerprint density at radius 2 is 1.74 bits per heavy atom. The summed E-state index contributed by atoms with van der Waals surface area (Å²) in [7, 11) is 0. The summed E-state index contributed by atoms with van der Waals surface area (Å²) in [5.41, 5.74) is 0.784. The van der Waals surface area contributed by atoms with Gasteiger partial charge in [-0.15, -0.1) is 0 Å². The van der Waals surface area contributed by atoms with Crippen LogP contribution in [-0.4, -0.2) is 65.2 Å². The molecule has 0 aliphatic carbocycles. The number of nitrogens with one attached hydrogen (secondary N) is 3. The number of hydrogen-bond acceptors (Lipinski definition) is 8. The van der Waals surface area contributed by atoms with Gasteiger partial charge in [0.05, 0.1) is 29.7 Å². The molecule has 0 bridgehead atoms. The summed E-state index contributed by atoms with van der Waals surface area (Å²) in [6, 6.07) is 2.65. The molecule has 5 rings (SSSR count). The van der Waals surface area contributed by atoms with E-state index in [4.69, 9.17) is 14.2 Å². The number of carbonyl (C=O) groups is 3. The minimum absolute atomic E-state index is 0.106. The Hall–Kier alpha value is -4.52. The standard InChI is InChI=1S/C33H41FN6O6/c1-18-22(15-35-24-9-8-11-40(28(18)24)31(43)46-33(5,6)7)21-13-19-14-25(38-29(41)37-20-10-12-44-17-20)36-16-23(19)27(26(21)34)39-30(42)45-32(2,3)4/h13-16,20H,8-12,17H2,1-7H3,(H,39,42)(H2,36,37,38,41)/t20-/m1/s1. The van der Waals surface area contributed by atoms with E-state index in [9.17, 15) is 14.4 Å². The number of rotatable bonds is 4. The number of ether oxygens (including phenoxy) is 3. The average Bonchev–Trinajstić information content (AvgIpc) is 3.45. The number of nitrogens with zero attached hydrogens (tertiary/aromatic N) is 3. The third-order valence-corrected chi connectivity index (χ3v) is 7.44. The third-order valence-electron chi connectivity index (χ3n) is 7.44. The van der Waals surface area contributed by atoms with Crippen molar-refractivity contribution in [3.63, 3.8) is 0 Å². The molecule has 0 saturated carbocycles. The molecule has 4 heterocycles. The number of aromatic nitrogens is 2. The molecule has 246 valence electrons. The zero-order valence-electron chi connectivity index (χ0n) is 27.3. The van der Waals surface area contributed by atoms with Crippen LogP contribution < -0.4 is 20.9 Å². The van der Waals surface area contributed by atoms with Crippen molar-refractivity contribution in [3.8, 4) is 11.1 Å². The Morgan fingerprint density at radius 3 is 2.41 bits per heavy atom. The molecule has 2 aliphatic rings. The van der Waals surface area contributed by atoms with Crippen molar-refractivity contribution in [3.05, 3.63) is 41.6 Å². The highest BCUT2D eigenvalue weighted by Crippen LogP contribution is 2.41. The van der Waals surface area contributed by atoms with Crippen molar-refractivity contribution in [2.75, 3.05) is 35.3 Å². The number of anilines is 3. The monoisotopic (exact) mass is 636 g/mol. The maximum absolute atomic E-state index is 16.6. The van der Waals surface area contributed by atoms with Gasteiger partial charge in [-0.3, -0.25) is 20.5 Å².